The van der Waals surface area contributed by atoms with E-state index < -0.39 is 5.60 Å². The topological polar surface area (TPSA) is 23.5 Å². The molecule has 0 spiro atoms. The fourth-order valence-corrected chi connectivity index (χ4v) is 4.68. The molecule has 1 saturated heterocycles. The Morgan fingerprint density at radius 2 is 1.32 bits per heavy atom. The summed E-state index contributed by atoms with van der Waals surface area (Å²) in [5, 5.41) is 12.5. The Hall–Kier alpha value is -2.42. The van der Waals surface area contributed by atoms with Crippen molar-refractivity contribution >= 4 is 0 Å². The monoisotopic (exact) mass is 371 g/mol. The highest BCUT2D eigenvalue weighted by atomic mass is 16.3. The lowest BCUT2D eigenvalue weighted by Crippen LogP contribution is -2.48. The largest absolute Gasteiger partial charge is 0.378 e. The van der Waals surface area contributed by atoms with Crippen molar-refractivity contribution in [3.63, 3.8) is 0 Å². The molecular formula is C26H29NO. The first kappa shape index (κ1) is 18.9. The van der Waals surface area contributed by atoms with E-state index in [-0.39, 0.29) is 6.04 Å². The van der Waals surface area contributed by atoms with Gasteiger partial charge in [0.15, 0.2) is 0 Å². The maximum Gasteiger partial charge on any atom is 0.134 e. The number of piperidine rings is 1. The van der Waals surface area contributed by atoms with Gasteiger partial charge >= 0.3 is 0 Å². The Morgan fingerprint density at radius 1 is 0.821 bits per heavy atom. The van der Waals surface area contributed by atoms with Crippen LogP contribution < -0.4 is 0 Å². The van der Waals surface area contributed by atoms with Crippen molar-refractivity contribution in [2.24, 2.45) is 5.92 Å². The lowest BCUT2D eigenvalue weighted by molar-refractivity contribution is -0.0366. The second-order valence-corrected chi connectivity index (χ2v) is 8.05. The number of rotatable bonds is 5. The van der Waals surface area contributed by atoms with E-state index in [0.717, 1.165) is 29.8 Å². The summed E-state index contributed by atoms with van der Waals surface area (Å²) in [5.74, 6) is 0.635. The van der Waals surface area contributed by atoms with Crippen LogP contribution in [0.1, 0.15) is 42.5 Å². The van der Waals surface area contributed by atoms with Gasteiger partial charge in [0.05, 0.1) is 6.04 Å². The van der Waals surface area contributed by atoms with Crippen molar-refractivity contribution in [3.8, 4) is 0 Å². The molecule has 2 atom stereocenters. The summed E-state index contributed by atoms with van der Waals surface area (Å²) in [6.45, 7) is 4.33. The van der Waals surface area contributed by atoms with E-state index >= 15 is 0 Å². The third-order valence-corrected chi connectivity index (χ3v) is 5.99. The molecule has 0 saturated carbocycles. The average Bonchev–Trinajstić information content (AvgIpc) is 2.76. The molecule has 1 aliphatic heterocycles. The fraction of sp³-hybridized carbons (Fsp3) is 0.308. The molecule has 3 aromatic rings. The maximum atomic E-state index is 12.5. The van der Waals surface area contributed by atoms with Crippen LogP contribution in [0.5, 0.6) is 0 Å². The molecule has 144 valence electrons. The first-order valence-electron chi connectivity index (χ1n) is 10.3. The summed E-state index contributed by atoms with van der Waals surface area (Å²) in [4.78, 5) is 2.49. The lowest BCUT2D eigenvalue weighted by Gasteiger charge is -2.46. The normalized spacial score (nSPS) is 19.3. The molecule has 1 heterocycles. The summed E-state index contributed by atoms with van der Waals surface area (Å²) in [7, 11) is 0. The highest BCUT2D eigenvalue weighted by Crippen LogP contribution is 2.45. The average molecular weight is 372 g/mol. The van der Waals surface area contributed by atoms with Gasteiger partial charge in [0.2, 0.25) is 0 Å². The van der Waals surface area contributed by atoms with E-state index in [1.54, 1.807) is 0 Å². The maximum absolute atomic E-state index is 12.5. The van der Waals surface area contributed by atoms with Gasteiger partial charge in [-0.1, -0.05) is 97.9 Å². The zero-order valence-electron chi connectivity index (χ0n) is 16.5. The van der Waals surface area contributed by atoms with Gasteiger partial charge in [-0.15, -0.1) is 0 Å². The zero-order chi connectivity index (χ0) is 19.4. The predicted molar refractivity (Wildman–Crippen MR) is 115 cm³/mol. The Labute approximate surface area is 168 Å². The van der Waals surface area contributed by atoms with Gasteiger partial charge in [-0.2, -0.15) is 0 Å². The molecule has 0 aliphatic carbocycles. The van der Waals surface area contributed by atoms with Crippen LogP contribution in [0.15, 0.2) is 91.0 Å². The number of hydrogen-bond donors (Lipinski definition) is 1. The van der Waals surface area contributed by atoms with Crippen molar-refractivity contribution in [1.29, 1.82) is 0 Å². The van der Waals surface area contributed by atoms with E-state index in [2.05, 4.69) is 60.4 Å². The molecule has 3 aromatic carbocycles. The predicted octanol–water partition coefficient (Wildman–Crippen LogP) is 5.40. The van der Waals surface area contributed by atoms with Crippen molar-refractivity contribution in [3.05, 3.63) is 108 Å². The molecule has 0 aromatic heterocycles. The number of nitrogens with zero attached hydrogens (tertiary/aromatic N) is 1. The Kier molecular flexibility index (Phi) is 5.61. The van der Waals surface area contributed by atoms with Crippen molar-refractivity contribution in [2.45, 2.75) is 31.4 Å². The summed E-state index contributed by atoms with van der Waals surface area (Å²) in [6.07, 6.45) is 2.43. The molecule has 0 bridgehead atoms. The third-order valence-electron chi connectivity index (χ3n) is 5.99. The van der Waals surface area contributed by atoms with Gasteiger partial charge in [-0.25, -0.2) is 0 Å². The smallest absolute Gasteiger partial charge is 0.134 e. The van der Waals surface area contributed by atoms with Gasteiger partial charge < -0.3 is 5.11 Å². The van der Waals surface area contributed by atoms with Crippen LogP contribution in [-0.2, 0) is 5.60 Å². The van der Waals surface area contributed by atoms with Crippen LogP contribution in [-0.4, -0.2) is 23.1 Å². The number of likely N-dealkylation sites (tertiary alicyclic amines) is 1. The highest BCUT2D eigenvalue weighted by Gasteiger charge is 2.45. The molecule has 2 nitrogen and oxygen atoms in total. The molecule has 1 aliphatic rings. The van der Waals surface area contributed by atoms with Crippen molar-refractivity contribution < 1.29 is 5.11 Å². The SMILES string of the molecule is CC1CCCN([C@@H](c2ccccc2)C(O)(c2ccccc2)c2ccccc2)C1. The molecule has 1 N–H and O–H groups in total. The first-order chi connectivity index (χ1) is 13.7. The van der Waals surface area contributed by atoms with Gasteiger partial charge in [0, 0.05) is 6.54 Å². The van der Waals surface area contributed by atoms with Crippen LogP contribution in [0.3, 0.4) is 0 Å². The fourth-order valence-electron chi connectivity index (χ4n) is 4.68. The van der Waals surface area contributed by atoms with E-state index in [1.807, 2.05) is 42.5 Å². The summed E-state index contributed by atoms with van der Waals surface area (Å²) in [6, 6.07) is 30.7. The van der Waals surface area contributed by atoms with Gasteiger partial charge in [-0.05, 0) is 42.0 Å². The Bertz CT molecular complexity index is 823. The summed E-state index contributed by atoms with van der Waals surface area (Å²) >= 11 is 0. The number of benzene rings is 3. The molecule has 0 radical (unpaired) electrons. The minimum atomic E-state index is -1.12. The Morgan fingerprint density at radius 3 is 1.82 bits per heavy atom. The van der Waals surface area contributed by atoms with Crippen molar-refractivity contribution in [1.82, 2.24) is 4.90 Å². The van der Waals surface area contributed by atoms with Crippen LogP contribution in [0.4, 0.5) is 0 Å². The molecule has 2 heteroatoms. The second-order valence-electron chi connectivity index (χ2n) is 8.05. The molecular weight excluding hydrogens is 342 g/mol. The van der Waals surface area contributed by atoms with E-state index in [1.165, 1.54) is 12.8 Å². The van der Waals surface area contributed by atoms with Crippen LogP contribution in [0, 0.1) is 5.92 Å². The second kappa shape index (κ2) is 8.30. The minimum Gasteiger partial charge on any atom is -0.378 e. The van der Waals surface area contributed by atoms with Gasteiger partial charge in [0.1, 0.15) is 5.60 Å². The van der Waals surface area contributed by atoms with Crippen molar-refractivity contribution in [2.75, 3.05) is 13.1 Å². The number of aliphatic hydroxyl groups is 1. The number of hydrogen-bond acceptors (Lipinski definition) is 2. The van der Waals surface area contributed by atoms with Gasteiger partial charge in [0.25, 0.3) is 0 Å². The van der Waals surface area contributed by atoms with Crippen LogP contribution in [0.2, 0.25) is 0 Å². The van der Waals surface area contributed by atoms with Crippen LogP contribution in [0.25, 0.3) is 0 Å². The van der Waals surface area contributed by atoms with E-state index in [4.69, 9.17) is 0 Å². The molecule has 4 rings (SSSR count). The standard InChI is InChI=1S/C26H29NO/c1-21-12-11-19-27(20-21)25(22-13-5-2-6-14-22)26(28,23-15-7-3-8-16-23)24-17-9-4-10-18-24/h2-10,13-18,21,25,28H,11-12,19-20H2,1H3/t21?,25-/m0/s1. The third kappa shape index (κ3) is 3.63. The van der Waals surface area contributed by atoms with E-state index in [9.17, 15) is 5.11 Å². The Balaban J connectivity index is 1.91. The summed E-state index contributed by atoms with van der Waals surface area (Å²) < 4.78 is 0. The highest BCUT2D eigenvalue weighted by molar-refractivity contribution is 5.41. The quantitative estimate of drug-likeness (QED) is 0.649. The first-order valence-corrected chi connectivity index (χ1v) is 10.3. The molecule has 28 heavy (non-hydrogen) atoms. The van der Waals surface area contributed by atoms with Crippen LogP contribution >= 0.6 is 0 Å². The lowest BCUT2D eigenvalue weighted by atomic mass is 9.75. The minimum absolute atomic E-state index is 0.138. The molecule has 0 amide bonds. The summed E-state index contributed by atoms with van der Waals surface area (Å²) in [5.41, 5.74) is 1.91. The zero-order valence-corrected chi connectivity index (χ0v) is 16.5. The van der Waals surface area contributed by atoms with Gasteiger partial charge in [-0.3, -0.25) is 4.90 Å². The molecule has 1 fully saturated rings. The molecule has 1 unspecified atom stereocenters. The van der Waals surface area contributed by atoms with E-state index in [0.29, 0.717) is 5.92 Å².